The van der Waals surface area contributed by atoms with E-state index in [1.54, 1.807) is 0 Å². The fraction of sp³-hybridized carbons (Fsp3) is 0.500. The van der Waals surface area contributed by atoms with Crippen LogP contribution in [0.1, 0.15) is 12.5 Å². The zero-order chi connectivity index (χ0) is 30.3. The Morgan fingerprint density at radius 1 is 1.24 bits per heavy atom. The molecular weight excluding hydrogens is 611 g/mol. The number of aliphatic hydroxyl groups is 2. The van der Waals surface area contributed by atoms with E-state index in [4.69, 9.17) is 24.3 Å². The van der Waals surface area contributed by atoms with E-state index < -0.39 is 74.2 Å². The minimum atomic E-state index is -4.52. The van der Waals surface area contributed by atoms with E-state index in [1.807, 2.05) is 0 Å². The Hall–Kier alpha value is -3.30. The quantitative estimate of drug-likeness (QED) is 0.0885. The second-order valence-corrected chi connectivity index (χ2v) is 11.9. The molecule has 1 saturated heterocycles. The van der Waals surface area contributed by atoms with Crippen LogP contribution in [0.4, 0.5) is 14.7 Å². The van der Waals surface area contributed by atoms with Crippen molar-refractivity contribution in [1.29, 1.82) is 0 Å². The van der Waals surface area contributed by atoms with Gasteiger partial charge in [-0.05, 0) is 0 Å². The zero-order valence-corrected chi connectivity index (χ0v) is 23.1. The van der Waals surface area contributed by atoms with E-state index >= 15 is 8.78 Å². The van der Waals surface area contributed by atoms with Gasteiger partial charge < -0.3 is 30.4 Å². The molecule has 1 fully saturated rings. The fourth-order valence-electron chi connectivity index (χ4n) is 4.35. The third kappa shape index (κ3) is 5.56. The van der Waals surface area contributed by atoms with Crippen LogP contribution in [0.15, 0.2) is 28.6 Å². The highest BCUT2D eigenvalue weighted by molar-refractivity contribution is 8.44. The molecule has 0 amide bonds. The van der Waals surface area contributed by atoms with Crippen molar-refractivity contribution in [2.75, 3.05) is 26.1 Å². The first-order valence-electron chi connectivity index (χ1n) is 12.0. The molecule has 0 spiro atoms. The summed E-state index contributed by atoms with van der Waals surface area (Å²) in [6, 6.07) is 0. The van der Waals surface area contributed by atoms with Gasteiger partial charge in [0.15, 0.2) is 34.7 Å². The van der Waals surface area contributed by atoms with Crippen molar-refractivity contribution in [2.24, 2.45) is 0 Å². The van der Waals surface area contributed by atoms with Crippen LogP contribution in [-0.2, 0) is 23.1 Å². The maximum Gasteiger partial charge on any atom is 0.386 e. The molecule has 0 aliphatic carbocycles. The summed E-state index contributed by atoms with van der Waals surface area (Å²) in [5.74, 6) is -0.273. The van der Waals surface area contributed by atoms with Crippen molar-refractivity contribution in [3.05, 3.63) is 39.7 Å². The summed E-state index contributed by atoms with van der Waals surface area (Å²) in [6.07, 6.45) is -9.36. The number of ether oxygens (including phenoxy) is 2. The van der Waals surface area contributed by atoms with Crippen LogP contribution < -0.4 is 16.9 Å². The Balaban J connectivity index is 1.33. The standard InChI is InChI=1S/C20H24F2N9O9PS/c1-37-8(12(33)14(22)30-5-26-10-15(30)24-4-25-17(10)34)3-38-41(36,42)40-13-9(21)7(2-32)39-19(13)31-6-27-11-16(31)28-20(23)29-18(11)35/h4-9,12-14,19,32-33H,2-3H2,1H3,(H,36,42)(H,24,25,34)(H3,23,28,29,35)/t7-,8-,9-,12-,13-,14-,19-,41?/m1/s1. The number of nitrogens with zero attached hydrogens (tertiary/aromatic N) is 6. The Kier molecular flexibility index (Phi) is 8.45. The number of halogens is 2. The summed E-state index contributed by atoms with van der Waals surface area (Å²) in [6.45, 7) is -6.08. The molecule has 228 valence electrons. The minimum Gasteiger partial charge on any atom is -0.394 e. The number of anilines is 1. The van der Waals surface area contributed by atoms with Gasteiger partial charge in [0.25, 0.3) is 11.1 Å². The molecule has 42 heavy (non-hydrogen) atoms. The number of imidazole rings is 2. The number of thiol groups is 1. The summed E-state index contributed by atoms with van der Waals surface area (Å²) in [5.41, 5.74) is 3.68. The molecule has 5 heterocycles. The number of methoxy groups -OCH3 is 1. The lowest BCUT2D eigenvalue weighted by atomic mass is 10.1. The van der Waals surface area contributed by atoms with E-state index in [-0.39, 0.29) is 28.3 Å². The van der Waals surface area contributed by atoms with Gasteiger partial charge in [0.05, 0.1) is 32.2 Å². The third-order valence-corrected chi connectivity index (χ3v) is 8.04. The fourth-order valence-corrected chi connectivity index (χ4v) is 5.80. The van der Waals surface area contributed by atoms with Crippen molar-refractivity contribution < 1.29 is 42.1 Å². The summed E-state index contributed by atoms with van der Waals surface area (Å²) in [5, 5.41) is 20.2. The first-order chi connectivity index (χ1) is 20.0. The predicted molar refractivity (Wildman–Crippen MR) is 141 cm³/mol. The van der Waals surface area contributed by atoms with E-state index in [9.17, 15) is 24.4 Å². The number of fused-ring (bicyclic) bond motifs is 2. The number of nitrogen functional groups attached to an aromatic ring is 1. The van der Waals surface area contributed by atoms with Gasteiger partial charge in [0.1, 0.15) is 24.4 Å². The van der Waals surface area contributed by atoms with Crippen LogP contribution >= 0.6 is 19.0 Å². The van der Waals surface area contributed by atoms with Crippen molar-refractivity contribution in [3.63, 3.8) is 0 Å². The molecular formula is C20H24F2N9O9PS. The highest BCUT2D eigenvalue weighted by atomic mass is 32.7. The number of nitrogens with one attached hydrogen (secondary N) is 2. The smallest absolute Gasteiger partial charge is 0.386 e. The second kappa shape index (κ2) is 11.8. The molecule has 8 atom stereocenters. The third-order valence-electron chi connectivity index (χ3n) is 6.42. The molecule has 22 heteroatoms. The number of hydrogen-bond donors (Lipinski definition) is 6. The predicted octanol–water partition coefficient (Wildman–Crippen LogP) is -0.653. The number of rotatable bonds is 11. The average Bonchev–Trinajstić information content (AvgIpc) is 3.65. The Morgan fingerprint density at radius 2 is 1.95 bits per heavy atom. The number of aliphatic hydroxyl groups excluding tert-OH is 2. The zero-order valence-electron chi connectivity index (χ0n) is 21.4. The lowest BCUT2D eigenvalue weighted by Gasteiger charge is -2.27. The van der Waals surface area contributed by atoms with Gasteiger partial charge in [0, 0.05) is 7.11 Å². The normalized spacial score (nSPS) is 24.6. The molecule has 4 aromatic heterocycles. The molecule has 0 saturated carbocycles. The van der Waals surface area contributed by atoms with Gasteiger partial charge in [-0.1, -0.05) is 12.2 Å². The van der Waals surface area contributed by atoms with Gasteiger partial charge in [-0.15, -0.1) is 0 Å². The molecule has 0 bridgehead atoms. The first kappa shape index (κ1) is 30.2. The highest BCUT2D eigenvalue weighted by Crippen LogP contribution is 2.57. The lowest BCUT2D eigenvalue weighted by molar-refractivity contribution is -0.0878. The molecule has 5 rings (SSSR count). The van der Waals surface area contributed by atoms with E-state index in [0.29, 0.717) is 0 Å². The van der Waals surface area contributed by atoms with Crippen LogP contribution in [0.2, 0.25) is 0 Å². The van der Waals surface area contributed by atoms with Crippen LogP contribution in [0.5, 0.6) is 0 Å². The largest absolute Gasteiger partial charge is 0.394 e. The van der Waals surface area contributed by atoms with Crippen molar-refractivity contribution in [2.45, 2.75) is 43.1 Å². The number of hydrogen-bond acceptors (Lipinski definition) is 14. The maximum atomic E-state index is 15.3. The van der Waals surface area contributed by atoms with Crippen LogP contribution in [-0.4, -0.2) is 100 Å². The number of aromatic nitrogens is 8. The molecule has 1 aliphatic heterocycles. The average molecular weight is 636 g/mol. The van der Waals surface area contributed by atoms with Crippen molar-refractivity contribution in [1.82, 2.24) is 39.0 Å². The lowest BCUT2D eigenvalue weighted by Crippen LogP contribution is -2.38. The SMILES string of the molecule is CO[C@H](COP(=O)(S)O[C@@H]1[C@H](F)[C@@H](CO)O[C@H]1n1cnc2c(=O)[nH]c(N)nc21)[C@@H](O)[C@H](F)n1cnc2c(=O)[nH]cnc21. The van der Waals surface area contributed by atoms with Crippen LogP contribution in [0.3, 0.4) is 0 Å². The second-order valence-electron chi connectivity index (χ2n) is 8.99. The molecule has 18 nitrogen and oxygen atoms in total. The molecule has 1 aliphatic rings. The number of nitrogens with two attached hydrogens (primary N) is 1. The summed E-state index contributed by atoms with van der Waals surface area (Å²) < 4.78 is 66.8. The van der Waals surface area contributed by atoms with Gasteiger partial charge in [0.2, 0.25) is 12.2 Å². The van der Waals surface area contributed by atoms with Crippen molar-refractivity contribution >= 4 is 47.3 Å². The number of H-pyrrole nitrogens is 2. The molecule has 0 radical (unpaired) electrons. The Morgan fingerprint density at radius 3 is 2.67 bits per heavy atom. The van der Waals surface area contributed by atoms with Gasteiger partial charge in [-0.2, -0.15) is 4.98 Å². The van der Waals surface area contributed by atoms with Crippen molar-refractivity contribution in [3.8, 4) is 0 Å². The molecule has 6 N–H and O–H groups in total. The first-order valence-corrected chi connectivity index (χ1v) is 14.7. The Labute approximate surface area is 237 Å². The van der Waals surface area contributed by atoms with E-state index in [2.05, 4.69) is 42.2 Å². The summed E-state index contributed by atoms with van der Waals surface area (Å²) in [7, 11) is 1.11. The summed E-state index contributed by atoms with van der Waals surface area (Å²) in [4.78, 5) is 44.1. The highest BCUT2D eigenvalue weighted by Gasteiger charge is 2.50. The number of aromatic amines is 2. The molecule has 4 aromatic rings. The van der Waals surface area contributed by atoms with Gasteiger partial charge in [-0.25, -0.2) is 28.3 Å². The van der Waals surface area contributed by atoms with E-state index in [1.165, 1.54) is 0 Å². The summed E-state index contributed by atoms with van der Waals surface area (Å²) >= 11 is 3.88. The number of alkyl halides is 2. The minimum absolute atomic E-state index is 0.115. The topological polar surface area (TPSA) is 248 Å². The van der Waals surface area contributed by atoms with Crippen LogP contribution in [0, 0.1) is 0 Å². The van der Waals surface area contributed by atoms with Gasteiger partial charge in [-0.3, -0.25) is 32.8 Å². The van der Waals surface area contributed by atoms with E-state index in [0.717, 1.165) is 35.2 Å². The maximum absolute atomic E-state index is 15.3. The van der Waals surface area contributed by atoms with Crippen LogP contribution in [0.25, 0.3) is 22.3 Å². The Bertz CT molecular complexity index is 1750. The monoisotopic (exact) mass is 635 g/mol. The molecule has 1 unspecified atom stereocenters. The van der Waals surface area contributed by atoms with Gasteiger partial charge >= 0.3 is 6.80 Å². The molecule has 0 aromatic carbocycles.